The fourth-order valence-corrected chi connectivity index (χ4v) is 4.72. The third-order valence-corrected chi connectivity index (χ3v) is 6.17. The van der Waals surface area contributed by atoms with Crippen LogP contribution in [0.25, 0.3) is 0 Å². The van der Waals surface area contributed by atoms with Crippen LogP contribution in [-0.4, -0.2) is 22.6 Å². The molecule has 0 heterocycles. The molecule has 1 aromatic carbocycles. The zero-order valence-electron chi connectivity index (χ0n) is 14.1. The maximum absolute atomic E-state index is 3.11. The summed E-state index contributed by atoms with van der Waals surface area (Å²) in [6.07, 6.45) is 8.25. The highest BCUT2D eigenvalue weighted by molar-refractivity contribution is 6.56. The molecule has 0 radical (unpaired) electrons. The number of hydrogen-bond acceptors (Lipinski definition) is 1. The van der Waals surface area contributed by atoms with Crippen molar-refractivity contribution in [3.63, 3.8) is 0 Å². The van der Waals surface area contributed by atoms with E-state index in [4.69, 9.17) is 0 Å². The summed E-state index contributed by atoms with van der Waals surface area (Å²) in [4.78, 5) is 0. The first-order valence-electron chi connectivity index (χ1n) is 8.35. The van der Waals surface area contributed by atoms with Crippen LogP contribution in [0.15, 0.2) is 54.1 Å². The summed E-state index contributed by atoms with van der Waals surface area (Å²) in [5.41, 5.74) is 2.43. The second-order valence-electron chi connectivity index (χ2n) is 5.61. The first kappa shape index (κ1) is 17.9. The van der Waals surface area contributed by atoms with Crippen molar-refractivity contribution in [3.05, 3.63) is 54.1 Å². The first-order chi connectivity index (χ1) is 10.2. The van der Waals surface area contributed by atoms with E-state index in [0.717, 1.165) is 24.5 Å². The van der Waals surface area contributed by atoms with Gasteiger partial charge in [0.15, 0.2) is 0 Å². The third kappa shape index (κ3) is 6.45. The van der Waals surface area contributed by atoms with E-state index in [1.165, 1.54) is 6.42 Å². The van der Waals surface area contributed by atoms with Gasteiger partial charge in [0.2, 0.25) is 0 Å². The van der Waals surface area contributed by atoms with E-state index in [-0.39, 0.29) is 9.52 Å². The molecule has 0 saturated heterocycles. The van der Waals surface area contributed by atoms with Crippen molar-refractivity contribution < 1.29 is 0 Å². The van der Waals surface area contributed by atoms with Crippen molar-refractivity contribution >= 4 is 14.7 Å². The minimum Gasteiger partial charge on any atom is -0.317 e. The molecule has 1 aromatic rings. The van der Waals surface area contributed by atoms with Gasteiger partial charge in [0, 0.05) is 0 Å². The summed E-state index contributed by atoms with van der Waals surface area (Å²) in [6, 6.07) is 11.0. The molecule has 0 amide bonds. The summed E-state index contributed by atoms with van der Waals surface area (Å²) in [5, 5.41) is 4.69. The van der Waals surface area contributed by atoms with Gasteiger partial charge in [-0.25, -0.2) is 0 Å². The molecular formula is C19H31NSi. The van der Waals surface area contributed by atoms with Gasteiger partial charge in [0.25, 0.3) is 0 Å². The number of nitrogens with one attached hydrogen (secondary N) is 1. The summed E-state index contributed by atoms with van der Waals surface area (Å²) < 4.78 is 0. The Morgan fingerprint density at radius 2 is 1.76 bits per heavy atom. The highest BCUT2D eigenvalue weighted by Gasteiger charge is 2.19. The molecule has 0 fully saturated rings. The van der Waals surface area contributed by atoms with Crippen LogP contribution in [-0.2, 0) is 0 Å². The molecule has 0 spiro atoms. The van der Waals surface area contributed by atoms with E-state index < -0.39 is 0 Å². The quantitative estimate of drug-likeness (QED) is 0.794. The Bertz CT molecular complexity index is 434. The van der Waals surface area contributed by atoms with Crippen LogP contribution in [0.1, 0.15) is 34.1 Å². The molecule has 1 aliphatic carbocycles. The molecular weight excluding hydrogens is 270 g/mol. The molecule has 1 nitrogen and oxygen atoms in total. The molecule has 2 atom stereocenters. The van der Waals surface area contributed by atoms with Gasteiger partial charge in [0.1, 0.15) is 0 Å². The molecule has 0 aromatic heterocycles. The molecule has 0 saturated carbocycles. The van der Waals surface area contributed by atoms with Crippen LogP contribution in [0.3, 0.4) is 0 Å². The predicted molar refractivity (Wildman–Crippen MR) is 99.3 cm³/mol. The maximum atomic E-state index is 3.11. The van der Waals surface area contributed by atoms with Gasteiger partial charge in [-0.05, 0) is 31.0 Å². The largest absolute Gasteiger partial charge is 0.317 e. The van der Waals surface area contributed by atoms with Crippen molar-refractivity contribution in [3.8, 4) is 0 Å². The van der Waals surface area contributed by atoms with E-state index in [9.17, 15) is 0 Å². The Kier molecular flexibility index (Phi) is 9.03. The normalized spacial score (nSPS) is 18.5. The lowest BCUT2D eigenvalue weighted by Gasteiger charge is -2.18. The van der Waals surface area contributed by atoms with E-state index >= 15 is 0 Å². The molecule has 2 heteroatoms. The highest BCUT2D eigenvalue weighted by Crippen LogP contribution is 2.31. The SMILES string of the molecule is CCC(C)C1=CC=CC1[SiH2]c1ccccc1.CCNCC. The Morgan fingerprint density at radius 1 is 1.10 bits per heavy atom. The van der Waals surface area contributed by atoms with Gasteiger partial charge in [-0.3, -0.25) is 0 Å². The van der Waals surface area contributed by atoms with Gasteiger partial charge in [-0.1, -0.05) is 87.0 Å². The number of hydrogen-bond donors (Lipinski definition) is 1. The Labute approximate surface area is 133 Å². The standard InChI is InChI=1S/C15H20Si.C4H11N/c1-3-12(2)14-10-7-11-15(14)16-13-8-5-4-6-9-13;1-3-5-4-2/h4-12,15H,3,16H2,1-2H3;5H,3-4H2,1-2H3. The van der Waals surface area contributed by atoms with Gasteiger partial charge in [-0.2, -0.15) is 0 Å². The molecule has 2 rings (SSSR count). The van der Waals surface area contributed by atoms with Crippen LogP contribution in [0.4, 0.5) is 0 Å². The number of benzene rings is 1. The lowest BCUT2D eigenvalue weighted by atomic mass is 9.97. The van der Waals surface area contributed by atoms with Crippen molar-refractivity contribution in [2.75, 3.05) is 13.1 Å². The lowest BCUT2D eigenvalue weighted by molar-refractivity contribution is 0.645. The second kappa shape index (κ2) is 10.6. The van der Waals surface area contributed by atoms with Gasteiger partial charge in [-0.15, -0.1) is 0 Å². The van der Waals surface area contributed by atoms with Crippen LogP contribution in [0, 0.1) is 5.92 Å². The van der Waals surface area contributed by atoms with E-state index in [0.29, 0.717) is 0 Å². The predicted octanol–water partition coefficient (Wildman–Crippen LogP) is 3.43. The smallest absolute Gasteiger partial charge is 0.0667 e. The van der Waals surface area contributed by atoms with Crippen LogP contribution < -0.4 is 10.5 Å². The summed E-state index contributed by atoms with van der Waals surface area (Å²) in [5.74, 6) is 0.746. The fraction of sp³-hybridized carbons (Fsp3) is 0.474. The maximum Gasteiger partial charge on any atom is 0.0667 e. The van der Waals surface area contributed by atoms with Crippen LogP contribution in [0.2, 0.25) is 5.54 Å². The average Bonchev–Trinajstić information content (AvgIpc) is 2.97. The fourth-order valence-electron chi connectivity index (χ4n) is 2.60. The van der Waals surface area contributed by atoms with Crippen molar-refractivity contribution in [1.82, 2.24) is 5.32 Å². The number of allylic oxidation sites excluding steroid dienone is 4. The van der Waals surface area contributed by atoms with Gasteiger partial charge in [0.05, 0.1) is 9.52 Å². The molecule has 21 heavy (non-hydrogen) atoms. The Hall–Kier alpha value is -1.12. The van der Waals surface area contributed by atoms with Gasteiger partial charge < -0.3 is 5.32 Å². The lowest BCUT2D eigenvalue weighted by Crippen LogP contribution is -2.20. The minimum absolute atomic E-state index is 0.190. The molecule has 116 valence electrons. The van der Waals surface area contributed by atoms with Crippen molar-refractivity contribution in [2.45, 2.75) is 39.7 Å². The highest BCUT2D eigenvalue weighted by atomic mass is 28.2. The Balaban J connectivity index is 0.000000383. The monoisotopic (exact) mass is 301 g/mol. The van der Waals surface area contributed by atoms with Crippen molar-refractivity contribution in [1.29, 1.82) is 0 Å². The molecule has 0 bridgehead atoms. The molecule has 2 unspecified atom stereocenters. The zero-order valence-corrected chi connectivity index (χ0v) is 15.5. The zero-order chi connectivity index (χ0) is 15.5. The third-order valence-electron chi connectivity index (χ3n) is 4.04. The topological polar surface area (TPSA) is 12.0 Å². The van der Waals surface area contributed by atoms with Gasteiger partial charge >= 0.3 is 0 Å². The van der Waals surface area contributed by atoms with Crippen LogP contribution >= 0.6 is 0 Å². The van der Waals surface area contributed by atoms with Crippen molar-refractivity contribution in [2.24, 2.45) is 5.92 Å². The average molecular weight is 302 g/mol. The van der Waals surface area contributed by atoms with E-state index in [2.05, 4.69) is 81.6 Å². The van der Waals surface area contributed by atoms with E-state index in [1.807, 2.05) is 0 Å². The Morgan fingerprint density at radius 3 is 2.29 bits per heavy atom. The summed E-state index contributed by atoms with van der Waals surface area (Å²) in [7, 11) is -0.190. The number of rotatable bonds is 6. The van der Waals surface area contributed by atoms with E-state index in [1.54, 1.807) is 10.8 Å². The second-order valence-corrected chi connectivity index (χ2v) is 7.72. The molecule has 1 N–H and O–H groups in total. The first-order valence-corrected chi connectivity index (χ1v) is 9.88. The molecule has 1 aliphatic rings. The summed E-state index contributed by atoms with van der Waals surface area (Å²) in [6.45, 7) is 11.0. The summed E-state index contributed by atoms with van der Waals surface area (Å²) >= 11 is 0. The van der Waals surface area contributed by atoms with Crippen LogP contribution in [0.5, 0.6) is 0 Å². The minimum atomic E-state index is -0.190. The molecule has 0 aliphatic heterocycles.